The number of nitriles is 1. The minimum Gasteiger partial charge on any atom is -0.372 e. The van der Waals surface area contributed by atoms with Crippen LogP contribution in [0.4, 0.5) is 5.69 Å². The first kappa shape index (κ1) is 20.6. The van der Waals surface area contributed by atoms with Crippen LogP contribution in [0.5, 0.6) is 0 Å². The Balaban J connectivity index is 1.88. The van der Waals surface area contributed by atoms with Gasteiger partial charge in [-0.05, 0) is 43.7 Å². The normalized spacial score (nSPS) is 14.3. The Bertz CT molecular complexity index is 1060. The molecule has 0 saturated heterocycles. The van der Waals surface area contributed by atoms with Crippen molar-refractivity contribution in [2.24, 2.45) is 9.50 Å². The summed E-state index contributed by atoms with van der Waals surface area (Å²) in [6.07, 6.45) is 1.85. The third-order valence-corrected chi connectivity index (χ3v) is 5.99. The second-order valence-electron chi connectivity index (χ2n) is 6.43. The predicted octanol–water partition coefficient (Wildman–Crippen LogP) is 3.23. The van der Waals surface area contributed by atoms with E-state index in [-0.39, 0.29) is 23.7 Å². The van der Waals surface area contributed by atoms with Crippen LogP contribution in [0.1, 0.15) is 31.4 Å². The Morgan fingerprint density at radius 1 is 1.10 bits per heavy atom. The van der Waals surface area contributed by atoms with Gasteiger partial charge in [-0.1, -0.05) is 24.3 Å². The van der Waals surface area contributed by atoms with Gasteiger partial charge in [0.25, 0.3) is 10.0 Å². The predicted molar refractivity (Wildman–Crippen MR) is 115 cm³/mol. The fourth-order valence-corrected chi connectivity index (χ4v) is 4.35. The molecule has 8 heteroatoms. The first-order valence-electron chi connectivity index (χ1n) is 9.48. The Morgan fingerprint density at radius 3 is 2.45 bits per heavy atom. The lowest BCUT2D eigenvalue weighted by atomic mass is 10.2. The van der Waals surface area contributed by atoms with E-state index in [1.807, 2.05) is 24.3 Å². The zero-order valence-corrected chi connectivity index (χ0v) is 17.3. The largest absolute Gasteiger partial charge is 0.372 e. The molecule has 7 nitrogen and oxygen atoms in total. The summed E-state index contributed by atoms with van der Waals surface area (Å²) >= 11 is 0. The van der Waals surface area contributed by atoms with Gasteiger partial charge in [0.15, 0.2) is 5.84 Å². The number of fused-ring (bicyclic) bond motifs is 1. The van der Waals surface area contributed by atoms with E-state index in [2.05, 4.69) is 34.3 Å². The molecule has 0 spiro atoms. The first-order chi connectivity index (χ1) is 14.0. The molecule has 29 heavy (non-hydrogen) atoms. The summed E-state index contributed by atoms with van der Waals surface area (Å²) in [5, 5.41) is 14.9. The Hall–Kier alpha value is -3.18. The lowest BCUT2D eigenvalue weighted by Gasteiger charge is -2.21. The minimum absolute atomic E-state index is 0.163. The molecule has 1 aliphatic rings. The Labute approximate surface area is 171 Å². The SMILES string of the molecule is CCN(CC)c1ccc(/C=N\N(CCC#N)C2=NS(=O)(=O)c3ccccc32)cc1. The van der Waals surface area contributed by atoms with Crippen molar-refractivity contribution in [3.8, 4) is 6.07 Å². The molecule has 0 unspecified atom stereocenters. The van der Waals surface area contributed by atoms with E-state index in [0.29, 0.717) is 5.56 Å². The van der Waals surface area contributed by atoms with Gasteiger partial charge in [0.2, 0.25) is 0 Å². The first-order valence-corrected chi connectivity index (χ1v) is 10.9. The van der Waals surface area contributed by atoms with E-state index >= 15 is 0 Å². The van der Waals surface area contributed by atoms with Crippen LogP contribution in [-0.4, -0.2) is 45.1 Å². The van der Waals surface area contributed by atoms with E-state index in [1.165, 1.54) is 11.1 Å². The van der Waals surface area contributed by atoms with E-state index < -0.39 is 10.0 Å². The topological polar surface area (TPSA) is 89.1 Å². The molecule has 0 amide bonds. The van der Waals surface area contributed by atoms with Crippen molar-refractivity contribution in [2.75, 3.05) is 24.5 Å². The van der Waals surface area contributed by atoms with Crippen LogP contribution in [0.2, 0.25) is 0 Å². The van der Waals surface area contributed by atoms with Gasteiger partial charge in [0.1, 0.15) is 4.90 Å². The number of anilines is 1. The molecule has 150 valence electrons. The smallest absolute Gasteiger partial charge is 0.285 e. The molecule has 0 aliphatic carbocycles. The molecule has 0 bridgehead atoms. The summed E-state index contributed by atoms with van der Waals surface area (Å²) in [4.78, 5) is 2.41. The summed E-state index contributed by atoms with van der Waals surface area (Å²) in [5.41, 5.74) is 2.51. The van der Waals surface area contributed by atoms with Gasteiger partial charge < -0.3 is 4.90 Å². The number of benzene rings is 2. The van der Waals surface area contributed by atoms with E-state index in [1.54, 1.807) is 24.4 Å². The second-order valence-corrected chi connectivity index (χ2v) is 8.00. The number of hydrogen-bond donors (Lipinski definition) is 0. The van der Waals surface area contributed by atoms with Crippen LogP contribution < -0.4 is 4.90 Å². The summed E-state index contributed by atoms with van der Waals surface area (Å²) in [5.74, 6) is 0.242. The zero-order valence-electron chi connectivity index (χ0n) is 16.5. The van der Waals surface area contributed by atoms with Gasteiger partial charge in [-0.2, -0.15) is 18.8 Å². The standard InChI is InChI=1S/C21H23N5O2S/c1-3-25(4-2)18-12-10-17(11-13-18)16-23-26(15-7-14-22)21-19-8-5-6-9-20(19)29(27,28)24-21/h5-6,8-13,16H,3-4,7,15H2,1-2H3/b23-16-. The van der Waals surface area contributed by atoms with Crippen LogP contribution in [0.3, 0.4) is 0 Å². The second kappa shape index (κ2) is 8.88. The van der Waals surface area contributed by atoms with Crippen LogP contribution in [0.15, 0.2) is 62.9 Å². The highest BCUT2D eigenvalue weighted by Crippen LogP contribution is 2.27. The van der Waals surface area contributed by atoms with E-state index in [9.17, 15) is 8.42 Å². The molecule has 1 aliphatic heterocycles. The maximum Gasteiger partial charge on any atom is 0.285 e. The summed E-state index contributed by atoms with van der Waals surface area (Å²) in [7, 11) is -3.74. The number of amidine groups is 1. The van der Waals surface area contributed by atoms with Crippen LogP contribution in [0.25, 0.3) is 0 Å². The fourth-order valence-electron chi connectivity index (χ4n) is 3.15. The summed E-state index contributed by atoms with van der Waals surface area (Å²) in [6.45, 7) is 6.33. The van der Waals surface area contributed by atoms with Crippen molar-refractivity contribution < 1.29 is 8.42 Å². The highest BCUT2D eigenvalue weighted by molar-refractivity contribution is 7.90. The van der Waals surface area contributed by atoms with Crippen molar-refractivity contribution in [1.29, 1.82) is 5.26 Å². The monoisotopic (exact) mass is 409 g/mol. The maximum atomic E-state index is 12.3. The molecule has 2 aromatic carbocycles. The van der Waals surface area contributed by atoms with Crippen molar-refractivity contribution in [1.82, 2.24) is 5.01 Å². The minimum atomic E-state index is -3.74. The number of sulfonamides is 1. The maximum absolute atomic E-state index is 12.3. The van der Waals surface area contributed by atoms with E-state index in [4.69, 9.17) is 5.26 Å². The molecule has 2 aromatic rings. The average Bonchev–Trinajstić information content (AvgIpc) is 3.01. The average molecular weight is 410 g/mol. The Kier molecular flexibility index (Phi) is 6.29. The van der Waals surface area contributed by atoms with Crippen molar-refractivity contribution in [3.63, 3.8) is 0 Å². The highest BCUT2D eigenvalue weighted by atomic mass is 32.2. The van der Waals surface area contributed by atoms with Crippen molar-refractivity contribution >= 4 is 27.8 Å². The third kappa shape index (κ3) is 4.46. The van der Waals surface area contributed by atoms with E-state index in [0.717, 1.165) is 24.3 Å². The molecule has 0 atom stereocenters. The van der Waals surface area contributed by atoms with Gasteiger partial charge >= 0.3 is 0 Å². The number of hydrazone groups is 1. The molecule has 0 aromatic heterocycles. The van der Waals surface area contributed by atoms with Gasteiger partial charge in [0, 0.05) is 24.3 Å². The molecular weight excluding hydrogens is 386 g/mol. The molecule has 0 fully saturated rings. The van der Waals surface area contributed by atoms with Crippen molar-refractivity contribution in [2.45, 2.75) is 25.2 Å². The van der Waals surface area contributed by atoms with Gasteiger partial charge in [-0.25, -0.2) is 5.01 Å². The highest BCUT2D eigenvalue weighted by Gasteiger charge is 2.31. The van der Waals surface area contributed by atoms with Gasteiger partial charge in [-0.3, -0.25) is 0 Å². The van der Waals surface area contributed by atoms with Crippen LogP contribution >= 0.6 is 0 Å². The van der Waals surface area contributed by atoms with Gasteiger partial charge in [-0.15, -0.1) is 4.40 Å². The number of nitrogens with zero attached hydrogens (tertiary/aromatic N) is 5. The lowest BCUT2D eigenvalue weighted by Crippen LogP contribution is -2.27. The number of rotatable bonds is 7. The molecular formula is C21H23N5O2S. The molecule has 3 rings (SSSR count). The molecule has 0 saturated carbocycles. The van der Waals surface area contributed by atoms with Crippen LogP contribution in [0, 0.1) is 11.3 Å². The quantitative estimate of drug-likeness (QED) is 0.517. The van der Waals surface area contributed by atoms with Crippen LogP contribution in [-0.2, 0) is 10.0 Å². The fraction of sp³-hybridized carbons (Fsp3) is 0.286. The molecule has 0 N–H and O–H groups in total. The summed E-state index contributed by atoms with van der Waals surface area (Å²) < 4.78 is 28.6. The third-order valence-electron chi connectivity index (χ3n) is 4.66. The Morgan fingerprint density at radius 2 is 1.79 bits per heavy atom. The lowest BCUT2D eigenvalue weighted by molar-refractivity contribution is 0.459. The molecule has 0 radical (unpaired) electrons. The summed E-state index contributed by atoms with van der Waals surface area (Å²) in [6, 6.07) is 16.7. The van der Waals surface area contributed by atoms with Gasteiger partial charge in [0.05, 0.1) is 25.2 Å². The molecule has 1 heterocycles. The number of hydrogen-bond acceptors (Lipinski definition) is 6. The zero-order chi connectivity index (χ0) is 20.9. The van der Waals surface area contributed by atoms with Crippen molar-refractivity contribution in [3.05, 3.63) is 59.7 Å².